The summed E-state index contributed by atoms with van der Waals surface area (Å²) in [5.74, 6) is 0.129. The van der Waals surface area contributed by atoms with E-state index in [1.165, 1.54) is 16.0 Å². The van der Waals surface area contributed by atoms with Crippen molar-refractivity contribution < 1.29 is 4.79 Å². The zero-order valence-electron chi connectivity index (χ0n) is 9.62. The van der Waals surface area contributed by atoms with Gasteiger partial charge in [-0.1, -0.05) is 12.1 Å². The van der Waals surface area contributed by atoms with Crippen molar-refractivity contribution in [1.82, 2.24) is 5.32 Å². The number of benzene rings is 1. The van der Waals surface area contributed by atoms with Gasteiger partial charge in [-0.05, 0) is 30.2 Å². The van der Waals surface area contributed by atoms with E-state index < -0.39 is 0 Å². The van der Waals surface area contributed by atoms with E-state index in [0.717, 1.165) is 24.2 Å². The van der Waals surface area contributed by atoms with Gasteiger partial charge in [0, 0.05) is 34.5 Å². The molecule has 0 amide bonds. The van der Waals surface area contributed by atoms with E-state index in [1.54, 1.807) is 11.3 Å². The molecule has 1 aliphatic rings. The van der Waals surface area contributed by atoms with Gasteiger partial charge in [0.1, 0.15) is 0 Å². The van der Waals surface area contributed by atoms with Gasteiger partial charge in [0.2, 0.25) is 0 Å². The van der Waals surface area contributed by atoms with Crippen LogP contribution in [0.5, 0.6) is 0 Å². The average molecular weight is 243 g/mol. The van der Waals surface area contributed by atoms with Gasteiger partial charge >= 0.3 is 0 Å². The number of ketones is 1. The van der Waals surface area contributed by atoms with Crippen molar-refractivity contribution >= 4 is 17.1 Å². The van der Waals surface area contributed by atoms with Crippen LogP contribution in [0.25, 0.3) is 0 Å². The third-order valence-corrected chi connectivity index (χ3v) is 3.95. The van der Waals surface area contributed by atoms with E-state index in [9.17, 15) is 4.79 Å². The Hall–Kier alpha value is -1.45. The molecule has 3 heteroatoms. The topological polar surface area (TPSA) is 29.1 Å². The number of hydrogen-bond acceptors (Lipinski definition) is 3. The quantitative estimate of drug-likeness (QED) is 0.822. The molecule has 1 aliphatic heterocycles. The van der Waals surface area contributed by atoms with Crippen LogP contribution in [0.2, 0.25) is 0 Å². The Morgan fingerprint density at radius 2 is 2.00 bits per heavy atom. The molecule has 0 fully saturated rings. The second-order valence-electron chi connectivity index (χ2n) is 4.36. The van der Waals surface area contributed by atoms with Crippen LogP contribution in [0, 0.1) is 6.92 Å². The zero-order chi connectivity index (χ0) is 11.8. The van der Waals surface area contributed by atoms with Crippen LogP contribution in [-0.2, 0) is 13.1 Å². The molecule has 2 heterocycles. The van der Waals surface area contributed by atoms with Crippen LogP contribution in [0.3, 0.4) is 0 Å². The molecule has 0 aliphatic carbocycles. The highest BCUT2D eigenvalue weighted by Gasteiger charge is 2.15. The molecule has 0 bridgehead atoms. The summed E-state index contributed by atoms with van der Waals surface area (Å²) < 4.78 is 0. The molecule has 1 aromatic heterocycles. The number of carbonyl (C=O) groups excluding carboxylic acids is 1. The van der Waals surface area contributed by atoms with Gasteiger partial charge in [-0.15, -0.1) is 11.3 Å². The molecular formula is C14H13NOS. The number of rotatable bonds is 2. The van der Waals surface area contributed by atoms with Crippen LogP contribution in [0.15, 0.2) is 29.6 Å². The van der Waals surface area contributed by atoms with E-state index >= 15 is 0 Å². The van der Waals surface area contributed by atoms with E-state index in [0.29, 0.717) is 0 Å². The Bertz CT molecular complexity index is 586. The third kappa shape index (κ3) is 1.92. The third-order valence-electron chi connectivity index (χ3n) is 3.09. The lowest BCUT2D eigenvalue weighted by Gasteiger charge is -2.02. The van der Waals surface area contributed by atoms with Gasteiger partial charge in [-0.2, -0.15) is 0 Å². The Balaban J connectivity index is 1.97. The molecule has 0 unspecified atom stereocenters. The molecule has 0 saturated heterocycles. The number of aryl methyl sites for hydroxylation is 1. The van der Waals surface area contributed by atoms with Gasteiger partial charge in [-0.25, -0.2) is 0 Å². The molecule has 2 aromatic rings. The van der Waals surface area contributed by atoms with Crippen LogP contribution in [-0.4, -0.2) is 5.78 Å². The fourth-order valence-corrected chi connectivity index (χ4v) is 2.85. The molecule has 1 N–H and O–H groups in total. The lowest BCUT2D eigenvalue weighted by Crippen LogP contribution is -2.01. The summed E-state index contributed by atoms with van der Waals surface area (Å²) in [5, 5.41) is 5.22. The fraction of sp³-hybridized carbons (Fsp3) is 0.214. The zero-order valence-corrected chi connectivity index (χ0v) is 10.4. The van der Waals surface area contributed by atoms with Crippen molar-refractivity contribution in [3.8, 4) is 0 Å². The van der Waals surface area contributed by atoms with Crippen molar-refractivity contribution in [2.45, 2.75) is 20.0 Å². The summed E-state index contributed by atoms with van der Waals surface area (Å²) >= 11 is 1.62. The van der Waals surface area contributed by atoms with Crippen molar-refractivity contribution in [3.63, 3.8) is 0 Å². The van der Waals surface area contributed by atoms with E-state index in [2.05, 4.69) is 11.4 Å². The lowest BCUT2D eigenvalue weighted by molar-refractivity contribution is 0.103. The van der Waals surface area contributed by atoms with Crippen molar-refractivity contribution in [1.29, 1.82) is 0 Å². The number of carbonyl (C=O) groups is 1. The fourth-order valence-electron chi connectivity index (χ4n) is 2.17. The number of fused-ring (bicyclic) bond motifs is 1. The molecule has 0 radical (unpaired) electrons. The van der Waals surface area contributed by atoms with Crippen LogP contribution in [0.4, 0.5) is 0 Å². The Morgan fingerprint density at radius 3 is 2.76 bits per heavy atom. The van der Waals surface area contributed by atoms with E-state index in [-0.39, 0.29) is 5.78 Å². The first-order valence-corrected chi connectivity index (χ1v) is 6.54. The summed E-state index contributed by atoms with van der Waals surface area (Å²) in [4.78, 5) is 13.4. The monoisotopic (exact) mass is 243 g/mol. The molecule has 1 aromatic carbocycles. The first-order valence-electron chi connectivity index (χ1n) is 5.66. The Morgan fingerprint density at radius 1 is 1.18 bits per heavy atom. The van der Waals surface area contributed by atoms with Crippen molar-refractivity contribution in [2.75, 3.05) is 0 Å². The SMILES string of the molecule is Cc1cc(C(=O)c2ccc3c(c2)CNC3)cs1. The molecule has 3 rings (SSSR count). The number of thiophene rings is 1. The first kappa shape index (κ1) is 10.7. The molecular weight excluding hydrogens is 230 g/mol. The lowest BCUT2D eigenvalue weighted by atomic mass is 10.0. The molecule has 0 spiro atoms. The number of nitrogens with one attached hydrogen (secondary N) is 1. The molecule has 0 atom stereocenters. The van der Waals surface area contributed by atoms with Gasteiger partial charge in [0.15, 0.2) is 5.78 Å². The standard InChI is InChI=1S/C14H13NOS/c1-9-4-13(8-17-9)14(16)10-2-3-11-6-15-7-12(11)5-10/h2-5,8,15H,6-7H2,1H3. The minimum absolute atomic E-state index is 0.129. The smallest absolute Gasteiger partial charge is 0.193 e. The highest BCUT2D eigenvalue weighted by Crippen LogP contribution is 2.21. The Kier molecular flexibility index (Phi) is 2.57. The van der Waals surface area contributed by atoms with E-state index in [1.807, 2.05) is 30.5 Å². The normalized spacial score (nSPS) is 13.7. The summed E-state index contributed by atoms with van der Waals surface area (Å²) in [7, 11) is 0. The predicted octanol–water partition coefficient (Wildman–Crippen LogP) is 2.89. The molecule has 0 saturated carbocycles. The molecule has 17 heavy (non-hydrogen) atoms. The molecule has 2 nitrogen and oxygen atoms in total. The van der Waals surface area contributed by atoms with Gasteiger partial charge in [0.05, 0.1) is 0 Å². The largest absolute Gasteiger partial charge is 0.309 e. The maximum Gasteiger partial charge on any atom is 0.193 e. The highest BCUT2D eigenvalue weighted by atomic mass is 32.1. The summed E-state index contributed by atoms with van der Waals surface area (Å²) in [6, 6.07) is 7.96. The number of hydrogen-bond donors (Lipinski definition) is 1. The average Bonchev–Trinajstić information content (AvgIpc) is 2.95. The van der Waals surface area contributed by atoms with Crippen LogP contribution < -0.4 is 5.32 Å². The molecule has 86 valence electrons. The minimum Gasteiger partial charge on any atom is -0.309 e. The predicted molar refractivity (Wildman–Crippen MR) is 69.5 cm³/mol. The van der Waals surface area contributed by atoms with E-state index in [4.69, 9.17) is 0 Å². The summed E-state index contributed by atoms with van der Waals surface area (Å²) in [5.41, 5.74) is 4.16. The maximum atomic E-state index is 12.2. The van der Waals surface area contributed by atoms with Gasteiger partial charge in [-0.3, -0.25) is 4.79 Å². The van der Waals surface area contributed by atoms with Crippen molar-refractivity contribution in [2.24, 2.45) is 0 Å². The first-order chi connectivity index (χ1) is 8.24. The van der Waals surface area contributed by atoms with Gasteiger partial charge in [0.25, 0.3) is 0 Å². The highest BCUT2D eigenvalue weighted by molar-refractivity contribution is 7.10. The summed E-state index contributed by atoms with van der Waals surface area (Å²) in [6.07, 6.45) is 0. The summed E-state index contributed by atoms with van der Waals surface area (Å²) in [6.45, 7) is 3.81. The second kappa shape index (κ2) is 4.09. The maximum absolute atomic E-state index is 12.2. The van der Waals surface area contributed by atoms with Gasteiger partial charge < -0.3 is 5.32 Å². The minimum atomic E-state index is 0.129. The van der Waals surface area contributed by atoms with Crippen LogP contribution >= 0.6 is 11.3 Å². The van der Waals surface area contributed by atoms with Crippen LogP contribution in [0.1, 0.15) is 31.9 Å². The Labute approximate surface area is 104 Å². The van der Waals surface area contributed by atoms with Crippen molar-refractivity contribution in [3.05, 3.63) is 56.8 Å². The second-order valence-corrected chi connectivity index (χ2v) is 5.48.